The summed E-state index contributed by atoms with van der Waals surface area (Å²) >= 11 is 0. The molecule has 1 heterocycles. The van der Waals surface area contributed by atoms with Gasteiger partial charge in [0.1, 0.15) is 0 Å². The Kier molecular flexibility index (Phi) is 9.35. The van der Waals surface area contributed by atoms with Crippen LogP contribution in [-0.4, -0.2) is 54.5 Å². The van der Waals surface area contributed by atoms with E-state index in [2.05, 4.69) is 78.2 Å². The molecule has 160 valence electrons. The molecular formula is C25H37BrN2O. The third-order valence-electron chi connectivity index (χ3n) is 6.90. The summed E-state index contributed by atoms with van der Waals surface area (Å²) in [6.45, 7) is 11.9. The molecule has 1 saturated heterocycles. The molecule has 0 radical (unpaired) electrons. The summed E-state index contributed by atoms with van der Waals surface area (Å²) in [6, 6.07) is 20.5. The van der Waals surface area contributed by atoms with E-state index < -0.39 is 0 Å². The highest BCUT2D eigenvalue weighted by Crippen LogP contribution is 2.52. The van der Waals surface area contributed by atoms with Crippen molar-refractivity contribution < 1.29 is 5.48 Å². The first-order valence-corrected chi connectivity index (χ1v) is 10.9. The molecule has 1 fully saturated rings. The second-order valence-corrected chi connectivity index (χ2v) is 8.26. The minimum Gasteiger partial charge on any atom is -0.412 e. The Morgan fingerprint density at radius 3 is 2.28 bits per heavy atom. The zero-order valence-electron chi connectivity index (χ0n) is 17.9. The van der Waals surface area contributed by atoms with Gasteiger partial charge in [-0.05, 0) is 74.1 Å². The Bertz CT molecular complexity index is 735. The van der Waals surface area contributed by atoms with E-state index in [1.807, 2.05) is 0 Å². The standard InChI is InChI=1S/C25H34N2.BrH.H2O/c1-3-26(4-2)16-10-17-27-18-15-22-21-13-8-9-14-23(21)25(24(22)19-27)20-11-6-5-7-12-20;;/h5-9,11-14,22,24-25H,3-4,10,15-19H2,1-2H3;1H;1H2/t22-,24-,25-;;/m0../s1. The molecule has 2 aromatic carbocycles. The van der Waals surface area contributed by atoms with Crippen LogP contribution in [0, 0.1) is 5.92 Å². The Balaban J connectivity index is 0.00000150. The van der Waals surface area contributed by atoms with E-state index in [-0.39, 0.29) is 22.5 Å². The second-order valence-electron chi connectivity index (χ2n) is 8.26. The molecule has 29 heavy (non-hydrogen) atoms. The highest BCUT2D eigenvalue weighted by atomic mass is 79.9. The Morgan fingerprint density at radius 1 is 0.931 bits per heavy atom. The topological polar surface area (TPSA) is 38.0 Å². The maximum atomic E-state index is 2.74. The molecular weight excluding hydrogens is 424 g/mol. The van der Waals surface area contributed by atoms with Crippen molar-refractivity contribution in [3.63, 3.8) is 0 Å². The summed E-state index contributed by atoms with van der Waals surface area (Å²) in [4.78, 5) is 5.29. The van der Waals surface area contributed by atoms with Crippen LogP contribution >= 0.6 is 17.0 Å². The van der Waals surface area contributed by atoms with Gasteiger partial charge in [-0.1, -0.05) is 68.4 Å². The van der Waals surface area contributed by atoms with E-state index >= 15 is 0 Å². The predicted molar refractivity (Wildman–Crippen MR) is 128 cm³/mol. The number of piperidine rings is 1. The van der Waals surface area contributed by atoms with Crippen LogP contribution in [0.15, 0.2) is 54.6 Å². The molecule has 3 atom stereocenters. The van der Waals surface area contributed by atoms with Gasteiger partial charge in [0, 0.05) is 12.5 Å². The van der Waals surface area contributed by atoms with Gasteiger partial charge < -0.3 is 15.3 Å². The molecule has 4 rings (SSSR count). The van der Waals surface area contributed by atoms with Crippen LogP contribution in [0.3, 0.4) is 0 Å². The van der Waals surface area contributed by atoms with Crippen LogP contribution in [0.25, 0.3) is 0 Å². The average molecular weight is 461 g/mol. The normalized spacial score (nSPS) is 23.1. The number of rotatable bonds is 7. The number of fused-ring (bicyclic) bond motifs is 3. The lowest BCUT2D eigenvalue weighted by molar-refractivity contribution is 0.146. The maximum absolute atomic E-state index is 2.74. The van der Waals surface area contributed by atoms with Crippen LogP contribution in [0.5, 0.6) is 0 Å². The summed E-state index contributed by atoms with van der Waals surface area (Å²) in [5.74, 6) is 2.04. The van der Waals surface area contributed by atoms with Crippen molar-refractivity contribution in [1.29, 1.82) is 0 Å². The van der Waals surface area contributed by atoms with Crippen LogP contribution in [0.2, 0.25) is 0 Å². The van der Waals surface area contributed by atoms with Gasteiger partial charge in [-0.15, -0.1) is 17.0 Å². The SMILES string of the molecule is Br.CCN(CC)CCCN1CC[C@H]2c3ccccc3[C@H](c3ccccc3)[C@H]2C1.O. The second kappa shape index (κ2) is 11.3. The molecule has 2 aromatic rings. The monoisotopic (exact) mass is 460 g/mol. The molecule has 0 bridgehead atoms. The van der Waals surface area contributed by atoms with Crippen LogP contribution in [-0.2, 0) is 0 Å². The molecule has 0 aromatic heterocycles. The lowest BCUT2D eigenvalue weighted by atomic mass is 9.79. The van der Waals surface area contributed by atoms with Crippen molar-refractivity contribution in [1.82, 2.24) is 9.80 Å². The van der Waals surface area contributed by atoms with Gasteiger partial charge >= 0.3 is 0 Å². The maximum Gasteiger partial charge on any atom is 0.0138 e. The third kappa shape index (κ3) is 5.11. The van der Waals surface area contributed by atoms with Crippen LogP contribution in [0.4, 0.5) is 0 Å². The van der Waals surface area contributed by atoms with Gasteiger partial charge in [0.05, 0.1) is 0 Å². The fourth-order valence-corrected chi connectivity index (χ4v) is 5.49. The molecule has 0 saturated carbocycles. The molecule has 0 spiro atoms. The van der Waals surface area contributed by atoms with Crippen molar-refractivity contribution >= 4 is 17.0 Å². The van der Waals surface area contributed by atoms with Crippen molar-refractivity contribution in [3.8, 4) is 0 Å². The summed E-state index contributed by atoms with van der Waals surface area (Å²) in [5.41, 5.74) is 4.71. The quantitative estimate of drug-likeness (QED) is 0.598. The lowest BCUT2D eigenvalue weighted by Gasteiger charge is -2.38. The number of likely N-dealkylation sites (tertiary alicyclic amines) is 1. The smallest absolute Gasteiger partial charge is 0.0138 e. The molecule has 2 N–H and O–H groups in total. The van der Waals surface area contributed by atoms with E-state index in [1.54, 1.807) is 11.1 Å². The van der Waals surface area contributed by atoms with Crippen LogP contribution < -0.4 is 0 Å². The van der Waals surface area contributed by atoms with Gasteiger partial charge in [0.2, 0.25) is 0 Å². The van der Waals surface area contributed by atoms with E-state index in [0.717, 1.165) is 11.8 Å². The van der Waals surface area contributed by atoms with Gasteiger partial charge in [-0.25, -0.2) is 0 Å². The Hall–Kier alpha value is -1.20. The zero-order valence-corrected chi connectivity index (χ0v) is 19.6. The fraction of sp³-hybridized carbons (Fsp3) is 0.520. The Labute approximate surface area is 187 Å². The van der Waals surface area contributed by atoms with Crippen LogP contribution in [0.1, 0.15) is 55.2 Å². The number of nitrogens with zero attached hydrogens (tertiary/aromatic N) is 2. The summed E-state index contributed by atoms with van der Waals surface area (Å²) in [6.07, 6.45) is 2.61. The average Bonchev–Trinajstić information content (AvgIpc) is 3.05. The Morgan fingerprint density at radius 2 is 1.59 bits per heavy atom. The molecule has 4 heteroatoms. The molecule has 2 aliphatic rings. The van der Waals surface area contributed by atoms with Gasteiger partial charge in [0.15, 0.2) is 0 Å². The van der Waals surface area contributed by atoms with Crippen molar-refractivity contribution in [2.45, 2.75) is 38.5 Å². The highest BCUT2D eigenvalue weighted by molar-refractivity contribution is 8.93. The minimum absolute atomic E-state index is 0. The van der Waals surface area contributed by atoms with Crippen molar-refractivity contribution in [2.24, 2.45) is 5.92 Å². The van der Waals surface area contributed by atoms with Gasteiger partial charge in [-0.3, -0.25) is 0 Å². The lowest BCUT2D eigenvalue weighted by Crippen LogP contribution is -2.40. The number of benzene rings is 2. The number of hydrogen-bond acceptors (Lipinski definition) is 2. The minimum atomic E-state index is 0. The molecule has 1 aliphatic carbocycles. The number of hydrogen-bond donors (Lipinski definition) is 0. The van der Waals surface area contributed by atoms with E-state index in [9.17, 15) is 0 Å². The zero-order chi connectivity index (χ0) is 18.6. The third-order valence-corrected chi connectivity index (χ3v) is 6.90. The molecule has 1 aliphatic heterocycles. The first kappa shape index (κ1) is 24.1. The number of halogens is 1. The summed E-state index contributed by atoms with van der Waals surface area (Å²) in [7, 11) is 0. The van der Waals surface area contributed by atoms with Gasteiger partial charge in [0.25, 0.3) is 0 Å². The van der Waals surface area contributed by atoms with Gasteiger partial charge in [-0.2, -0.15) is 0 Å². The molecule has 0 amide bonds. The van der Waals surface area contributed by atoms with E-state index in [1.165, 1.54) is 57.7 Å². The molecule has 0 unspecified atom stereocenters. The largest absolute Gasteiger partial charge is 0.412 e. The predicted octanol–water partition coefficient (Wildman–Crippen LogP) is 4.72. The molecule has 3 nitrogen and oxygen atoms in total. The summed E-state index contributed by atoms with van der Waals surface area (Å²) < 4.78 is 0. The first-order chi connectivity index (χ1) is 13.3. The highest BCUT2D eigenvalue weighted by Gasteiger charge is 2.43. The van der Waals surface area contributed by atoms with E-state index in [4.69, 9.17) is 0 Å². The fourth-order valence-electron chi connectivity index (χ4n) is 5.49. The van der Waals surface area contributed by atoms with E-state index in [0.29, 0.717) is 5.92 Å². The van der Waals surface area contributed by atoms with Crippen molar-refractivity contribution in [2.75, 3.05) is 39.3 Å². The first-order valence-electron chi connectivity index (χ1n) is 10.9. The van der Waals surface area contributed by atoms with Crippen molar-refractivity contribution in [3.05, 3.63) is 71.3 Å². The summed E-state index contributed by atoms with van der Waals surface area (Å²) in [5, 5.41) is 0.